The van der Waals surface area contributed by atoms with Crippen molar-refractivity contribution < 1.29 is 0 Å². The van der Waals surface area contributed by atoms with Gasteiger partial charge in [-0.1, -0.05) is 25.1 Å². The Bertz CT molecular complexity index is 687. The number of rotatable bonds is 6. The summed E-state index contributed by atoms with van der Waals surface area (Å²) >= 11 is 0. The van der Waals surface area contributed by atoms with Crippen molar-refractivity contribution in [2.24, 2.45) is 0 Å². The smallest absolute Gasteiger partial charge is 0.222 e. The fraction of sp³-hybridized carbons (Fsp3) is 0.450. The number of hydrogen-bond donors (Lipinski definition) is 2. The zero-order chi connectivity index (χ0) is 17.5. The average molecular weight is 337 g/mol. The van der Waals surface area contributed by atoms with Gasteiger partial charge in [0.15, 0.2) is 0 Å². The number of nitrogens with one attached hydrogen (secondary N) is 2. The minimum Gasteiger partial charge on any atom is -0.351 e. The van der Waals surface area contributed by atoms with Gasteiger partial charge in [0.25, 0.3) is 0 Å². The quantitative estimate of drug-likeness (QED) is 0.844. The molecule has 2 aromatic heterocycles. The molecule has 1 aliphatic carbocycles. The molecule has 0 aromatic carbocycles. The topological polar surface area (TPSA) is 62.7 Å². The lowest BCUT2D eigenvalue weighted by Crippen LogP contribution is -2.35. The SMILES string of the molecule is CCc1ncccc1/C=C/c1cnc(NC2CCC(NC)CC2)nc1. The summed E-state index contributed by atoms with van der Waals surface area (Å²) in [6, 6.07) is 5.19. The lowest BCUT2D eigenvalue weighted by atomic mass is 9.91. The van der Waals surface area contributed by atoms with Gasteiger partial charge in [0.1, 0.15) is 0 Å². The Morgan fingerprint density at radius 3 is 2.44 bits per heavy atom. The molecule has 0 aliphatic heterocycles. The third-order valence-electron chi connectivity index (χ3n) is 4.86. The molecule has 25 heavy (non-hydrogen) atoms. The highest BCUT2D eigenvalue weighted by Crippen LogP contribution is 2.21. The van der Waals surface area contributed by atoms with Crippen LogP contribution in [0.25, 0.3) is 12.2 Å². The summed E-state index contributed by atoms with van der Waals surface area (Å²) in [5.41, 5.74) is 3.25. The molecule has 0 atom stereocenters. The zero-order valence-electron chi connectivity index (χ0n) is 15.1. The second-order valence-electron chi connectivity index (χ2n) is 6.55. The van der Waals surface area contributed by atoms with E-state index in [1.54, 1.807) is 0 Å². The van der Waals surface area contributed by atoms with Crippen molar-refractivity contribution in [1.82, 2.24) is 20.3 Å². The number of hydrogen-bond acceptors (Lipinski definition) is 5. The molecule has 132 valence electrons. The monoisotopic (exact) mass is 337 g/mol. The highest BCUT2D eigenvalue weighted by Gasteiger charge is 2.20. The molecule has 0 bridgehead atoms. The lowest BCUT2D eigenvalue weighted by Gasteiger charge is -2.28. The van der Waals surface area contributed by atoms with Crippen LogP contribution in [0.1, 0.15) is 49.4 Å². The van der Waals surface area contributed by atoms with E-state index in [0.717, 1.165) is 42.0 Å². The predicted octanol–water partition coefficient (Wildman–Crippen LogP) is 3.55. The lowest BCUT2D eigenvalue weighted by molar-refractivity contribution is 0.370. The van der Waals surface area contributed by atoms with Crippen molar-refractivity contribution in [3.63, 3.8) is 0 Å². The molecule has 5 heteroatoms. The minimum absolute atomic E-state index is 0.480. The third kappa shape index (κ3) is 4.86. The molecule has 3 rings (SSSR count). The van der Waals surface area contributed by atoms with Gasteiger partial charge in [-0.2, -0.15) is 0 Å². The van der Waals surface area contributed by atoms with Crippen molar-refractivity contribution in [2.75, 3.05) is 12.4 Å². The first kappa shape index (κ1) is 17.5. The van der Waals surface area contributed by atoms with Crippen molar-refractivity contribution in [3.05, 3.63) is 47.5 Å². The Hall–Kier alpha value is -2.27. The van der Waals surface area contributed by atoms with Crippen LogP contribution in [0, 0.1) is 0 Å². The first-order valence-corrected chi connectivity index (χ1v) is 9.16. The Morgan fingerprint density at radius 1 is 1.04 bits per heavy atom. The molecule has 1 saturated carbocycles. The van der Waals surface area contributed by atoms with Gasteiger partial charge >= 0.3 is 0 Å². The highest BCUT2D eigenvalue weighted by molar-refractivity contribution is 5.70. The molecule has 2 N–H and O–H groups in total. The van der Waals surface area contributed by atoms with Crippen LogP contribution in [-0.2, 0) is 6.42 Å². The number of pyridine rings is 1. The van der Waals surface area contributed by atoms with Gasteiger partial charge < -0.3 is 10.6 Å². The Balaban J connectivity index is 1.58. The average Bonchev–Trinajstić information content (AvgIpc) is 2.68. The van der Waals surface area contributed by atoms with Crippen molar-refractivity contribution in [3.8, 4) is 0 Å². The number of aryl methyl sites for hydroxylation is 1. The number of anilines is 1. The largest absolute Gasteiger partial charge is 0.351 e. The van der Waals surface area contributed by atoms with Gasteiger partial charge in [-0.15, -0.1) is 0 Å². The van der Waals surface area contributed by atoms with Crippen LogP contribution in [0.5, 0.6) is 0 Å². The predicted molar refractivity (Wildman–Crippen MR) is 103 cm³/mol. The second kappa shape index (κ2) is 8.72. The molecule has 2 aromatic rings. The molecule has 5 nitrogen and oxygen atoms in total. The van der Waals surface area contributed by atoms with E-state index in [4.69, 9.17) is 0 Å². The van der Waals surface area contributed by atoms with E-state index in [1.807, 2.05) is 37.8 Å². The molecule has 2 heterocycles. The van der Waals surface area contributed by atoms with Crippen LogP contribution in [0.4, 0.5) is 5.95 Å². The van der Waals surface area contributed by atoms with Crippen molar-refractivity contribution in [1.29, 1.82) is 0 Å². The summed E-state index contributed by atoms with van der Waals surface area (Å²) in [5, 5.41) is 6.82. The Morgan fingerprint density at radius 2 is 1.76 bits per heavy atom. The maximum absolute atomic E-state index is 4.46. The second-order valence-corrected chi connectivity index (χ2v) is 6.55. The zero-order valence-corrected chi connectivity index (χ0v) is 15.1. The van der Waals surface area contributed by atoms with E-state index >= 15 is 0 Å². The van der Waals surface area contributed by atoms with Gasteiger partial charge in [-0.05, 0) is 50.8 Å². The maximum Gasteiger partial charge on any atom is 0.222 e. The summed E-state index contributed by atoms with van der Waals surface area (Å²) in [4.78, 5) is 13.3. The van der Waals surface area contributed by atoms with Crippen LogP contribution in [0.15, 0.2) is 30.7 Å². The van der Waals surface area contributed by atoms with Crippen molar-refractivity contribution in [2.45, 2.75) is 51.1 Å². The summed E-state index contributed by atoms with van der Waals surface area (Å²) < 4.78 is 0. The Labute approximate surface area is 150 Å². The maximum atomic E-state index is 4.46. The first-order chi connectivity index (χ1) is 12.3. The van der Waals surface area contributed by atoms with Gasteiger partial charge in [0, 0.05) is 41.9 Å². The molecule has 1 aliphatic rings. The summed E-state index contributed by atoms with van der Waals surface area (Å²) in [6.45, 7) is 2.12. The summed E-state index contributed by atoms with van der Waals surface area (Å²) in [7, 11) is 2.04. The third-order valence-corrected chi connectivity index (χ3v) is 4.86. The van der Waals surface area contributed by atoms with E-state index in [9.17, 15) is 0 Å². The van der Waals surface area contributed by atoms with E-state index in [0.29, 0.717) is 12.1 Å². The highest BCUT2D eigenvalue weighted by atomic mass is 15.1. The molecule has 0 radical (unpaired) electrons. The first-order valence-electron chi connectivity index (χ1n) is 9.16. The van der Waals surface area contributed by atoms with Crippen LogP contribution in [-0.4, -0.2) is 34.1 Å². The van der Waals surface area contributed by atoms with Crippen LogP contribution < -0.4 is 10.6 Å². The molecule has 0 saturated heterocycles. The van der Waals surface area contributed by atoms with E-state index in [-0.39, 0.29) is 0 Å². The van der Waals surface area contributed by atoms with E-state index in [1.165, 1.54) is 12.8 Å². The molecular formula is C20H27N5. The van der Waals surface area contributed by atoms with E-state index in [2.05, 4.69) is 44.7 Å². The van der Waals surface area contributed by atoms with Crippen LogP contribution in [0.2, 0.25) is 0 Å². The normalized spacial score (nSPS) is 20.7. The fourth-order valence-corrected chi connectivity index (χ4v) is 3.29. The summed E-state index contributed by atoms with van der Waals surface area (Å²) in [5.74, 6) is 0.723. The fourth-order valence-electron chi connectivity index (χ4n) is 3.29. The number of nitrogens with zero attached hydrogens (tertiary/aromatic N) is 3. The molecule has 0 unspecified atom stereocenters. The molecule has 0 spiro atoms. The van der Waals surface area contributed by atoms with Gasteiger partial charge in [-0.3, -0.25) is 4.98 Å². The molecule has 1 fully saturated rings. The van der Waals surface area contributed by atoms with E-state index < -0.39 is 0 Å². The standard InChI is InChI=1S/C20H27N5/c1-3-19-16(5-4-12-22-19)7-6-15-13-23-20(24-14-15)25-18-10-8-17(21-2)9-11-18/h4-7,12-14,17-18,21H,3,8-11H2,1-2H3,(H,23,24,25)/b7-6+. The van der Waals surface area contributed by atoms with Crippen LogP contribution >= 0.6 is 0 Å². The number of aromatic nitrogens is 3. The van der Waals surface area contributed by atoms with Gasteiger partial charge in [-0.25, -0.2) is 9.97 Å². The molecule has 0 amide bonds. The molecular weight excluding hydrogens is 310 g/mol. The minimum atomic E-state index is 0.480. The van der Waals surface area contributed by atoms with Crippen LogP contribution in [0.3, 0.4) is 0 Å². The Kier molecular flexibility index (Phi) is 6.12. The van der Waals surface area contributed by atoms with Gasteiger partial charge in [0.2, 0.25) is 5.95 Å². The summed E-state index contributed by atoms with van der Waals surface area (Å²) in [6.07, 6.45) is 15.4. The van der Waals surface area contributed by atoms with Gasteiger partial charge in [0.05, 0.1) is 0 Å². The van der Waals surface area contributed by atoms with Crippen molar-refractivity contribution >= 4 is 18.1 Å².